The summed E-state index contributed by atoms with van der Waals surface area (Å²) < 4.78 is 4.64. The molecule has 0 fully saturated rings. The molecule has 0 rings (SSSR count). The summed E-state index contributed by atoms with van der Waals surface area (Å²) in [5.41, 5.74) is 5.78. The Morgan fingerprint density at radius 3 is 2.50 bits per heavy atom. The summed E-state index contributed by atoms with van der Waals surface area (Å²) in [4.78, 5) is 13.5. The van der Waals surface area contributed by atoms with Crippen molar-refractivity contribution in [1.82, 2.24) is 4.90 Å². The molecule has 0 radical (unpaired) electrons. The van der Waals surface area contributed by atoms with E-state index in [4.69, 9.17) is 5.73 Å². The van der Waals surface area contributed by atoms with Crippen molar-refractivity contribution in [3.8, 4) is 0 Å². The highest BCUT2D eigenvalue weighted by atomic mass is 16.5. The van der Waals surface area contributed by atoms with Crippen LogP contribution in [0.4, 0.5) is 0 Å². The Hall–Kier alpha value is -0.610. The number of esters is 1. The van der Waals surface area contributed by atoms with Crippen molar-refractivity contribution in [1.29, 1.82) is 0 Å². The fourth-order valence-corrected chi connectivity index (χ4v) is 1.59. The first-order valence-electron chi connectivity index (χ1n) is 6.14. The number of methoxy groups -OCH3 is 1. The zero-order valence-electron chi connectivity index (χ0n) is 11.0. The second kappa shape index (κ2) is 8.53. The molecule has 4 nitrogen and oxygen atoms in total. The van der Waals surface area contributed by atoms with Gasteiger partial charge in [-0.1, -0.05) is 20.3 Å². The van der Waals surface area contributed by atoms with Gasteiger partial charge in [0.2, 0.25) is 0 Å². The van der Waals surface area contributed by atoms with Crippen molar-refractivity contribution in [2.24, 2.45) is 5.73 Å². The minimum absolute atomic E-state index is 0.329. The molecule has 96 valence electrons. The number of rotatable bonds is 8. The topological polar surface area (TPSA) is 55.6 Å². The number of hydrogen-bond acceptors (Lipinski definition) is 4. The van der Waals surface area contributed by atoms with E-state index in [1.165, 1.54) is 7.11 Å². The van der Waals surface area contributed by atoms with Crippen LogP contribution >= 0.6 is 0 Å². The van der Waals surface area contributed by atoms with Gasteiger partial charge in [-0.15, -0.1) is 0 Å². The van der Waals surface area contributed by atoms with Crippen LogP contribution in [0.2, 0.25) is 0 Å². The third kappa shape index (κ3) is 5.47. The molecule has 2 atom stereocenters. The van der Waals surface area contributed by atoms with Crippen LogP contribution in [0, 0.1) is 0 Å². The van der Waals surface area contributed by atoms with E-state index >= 15 is 0 Å². The molecule has 0 heterocycles. The van der Waals surface area contributed by atoms with Gasteiger partial charge in [-0.3, -0.25) is 9.69 Å². The maximum absolute atomic E-state index is 11.3. The van der Waals surface area contributed by atoms with E-state index in [-0.39, 0.29) is 5.97 Å². The quantitative estimate of drug-likeness (QED) is 0.640. The fraction of sp³-hybridized carbons (Fsp3) is 0.917. The van der Waals surface area contributed by atoms with Gasteiger partial charge in [0.1, 0.15) is 6.04 Å². The lowest BCUT2D eigenvalue weighted by atomic mass is 10.1. The Balaban J connectivity index is 4.23. The Bertz CT molecular complexity index is 197. The van der Waals surface area contributed by atoms with E-state index in [1.807, 2.05) is 0 Å². The van der Waals surface area contributed by atoms with Crippen molar-refractivity contribution >= 4 is 5.97 Å². The van der Waals surface area contributed by atoms with Gasteiger partial charge >= 0.3 is 5.97 Å². The van der Waals surface area contributed by atoms with Crippen LogP contribution < -0.4 is 5.73 Å². The molecule has 0 aromatic rings. The summed E-state index contributed by atoms with van der Waals surface area (Å²) >= 11 is 0. The molecule has 16 heavy (non-hydrogen) atoms. The molecule has 0 aliphatic rings. The number of carbonyl (C=O) groups is 1. The zero-order valence-corrected chi connectivity index (χ0v) is 11.0. The van der Waals surface area contributed by atoms with Crippen molar-refractivity contribution in [3.05, 3.63) is 0 Å². The minimum atomic E-state index is -0.532. The Morgan fingerprint density at radius 1 is 1.44 bits per heavy atom. The molecule has 2 unspecified atom stereocenters. The highest BCUT2D eigenvalue weighted by molar-refractivity contribution is 5.75. The molecule has 0 aromatic carbocycles. The predicted octanol–water partition coefficient (Wildman–Crippen LogP) is 1.39. The zero-order chi connectivity index (χ0) is 12.6. The molecule has 0 spiro atoms. The van der Waals surface area contributed by atoms with Crippen LogP contribution in [0.25, 0.3) is 0 Å². The minimum Gasteiger partial charge on any atom is -0.468 e. The highest BCUT2D eigenvalue weighted by Gasteiger charge is 2.20. The van der Waals surface area contributed by atoms with E-state index < -0.39 is 6.04 Å². The molecule has 0 aliphatic carbocycles. The Kier molecular flexibility index (Phi) is 8.21. The van der Waals surface area contributed by atoms with Gasteiger partial charge in [-0.2, -0.15) is 0 Å². The van der Waals surface area contributed by atoms with E-state index in [2.05, 4.69) is 30.4 Å². The normalized spacial score (nSPS) is 14.9. The lowest BCUT2D eigenvalue weighted by Gasteiger charge is -2.29. The van der Waals surface area contributed by atoms with Crippen molar-refractivity contribution < 1.29 is 9.53 Å². The van der Waals surface area contributed by atoms with Crippen molar-refractivity contribution in [2.75, 3.05) is 20.2 Å². The molecule has 4 heteroatoms. The number of unbranched alkanes of at least 4 members (excludes halogenated alkanes) is 1. The van der Waals surface area contributed by atoms with Crippen LogP contribution in [-0.4, -0.2) is 43.2 Å². The lowest BCUT2D eigenvalue weighted by molar-refractivity contribution is -0.142. The molecule has 0 saturated heterocycles. The number of hydrogen-bond donors (Lipinski definition) is 1. The third-order valence-corrected chi connectivity index (χ3v) is 2.95. The summed E-state index contributed by atoms with van der Waals surface area (Å²) in [5, 5.41) is 0. The summed E-state index contributed by atoms with van der Waals surface area (Å²) in [6.07, 6.45) is 3.36. The van der Waals surface area contributed by atoms with Gasteiger partial charge < -0.3 is 10.5 Å². The van der Waals surface area contributed by atoms with E-state index in [1.54, 1.807) is 0 Å². The van der Waals surface area contributed by atoms with Gasteiger partial charge in [0, 0.05) is 12.6 Å². The molecule has 0 aromatic heterocycles. The van der Waals surface area contributed by atoms with E-state index in [0.29, 0.717) is 12.6 Å². The first kappa shape index (κ1) is 15.4. The van der Waals surface area contributed by atoms with Gasteiger partial charge in [-0.25, -0.2) is 0 Å². The maximum atomic E-state index is 11.3. The number of nitrogens with zero attached hydrogens (tertiary/aromatic N) is 1. The van der Waals surface area contributed by atoms with E-state index in [9.17, 15) is 4.79 Å². The molecule has 0 aliphatic heterocycles. The highest BCUT2D eigenvalue weighted by Crippen LogP contribution is 2.06. The molecular weight excluding hydrogens is 204 g/mol. The lowest BCUT2D eigenvalue weighted by Crippen LogP contribution is -2.46. The summed E-state index contributed by atoms with van der Waals surface area (Å²) in [6.45, 7) is 8.06. The van der Waals surface area contributed by atoms with Crippen molar-refractivity contribution in [2.45, 2.75) is 52.1 Å². The van der Waals surface area contributed by atoms with Crippen LogP contribution in [0.5, 0.6) is 0 Å². The largest absolute Gasteiger partial charge is 0.468 e. The Morgan fingerprint density at radius 2 is 2.06 bits per heavy atom. The second-order valence-electron chi connectivity index (χ2n) is 4.24. The monoisotopic (exact) mass is 230 g/mol. The summed E-state index contributed by atoms with van der Waals surface area (Å²) in [7, 11) is 1.38. The molecular formula is C12H26N2O2. The maximum Gasteiger partial charge on any atom is 0.323 e. The third-order valence-electron chi connectivity index (χ3n) is 2.95. The van der Waals surface area contributed by atoms with Gasteiger partial charge in [-0.05, 0) is 26.3 Å². The van der Waals surface area contributed by atoms with Crippen LogP contribution in [-0.2, 0) is 9.53 Å². The molecule has 2 N–H and O–H groups in total. The first-order valence-corrected chi connectivity index (χ1v) is 6.14. The van der Waals surface area contributed by atoms with Gasteiger partial charge in [0.05, 0.1) is 7.11 Å². The van der Waals surface area contributed by atoms with Gasteiger partial charge in [0.25, 0.3) is 0 Å². The SMILES string of the molecule is CCCCN(CC(N)C(=O)OC)C(C)CC. The molecule has 0 bridgehead atoms. The second-order valence-corrected chi connectivity index (χ2v) is 4.24. The average molecular weight is 230 g/mol. The smallest absolute Gasteiger partial charge is 0.323 e. The number of nitrogens with two attached hydrogens (primary N) is 1. The molecule has 0 amide bonds. The van der Waals surface area contributed by atoms with Crippen molar-refractivity contribution in [3.63, 3.8) is 0 Å². The number of carbonyl (C=O) groups excluding carboxylic acids is 1. The van der Waals surface area contributed by atoms with E-state index in [0.717, 1.165) is 25.8 Å². The molecule has 0 saturated carbocycles. The van der Waals surface area contributed by atoms with Crippen LogP contribution in [0.1, 0.15) is 40.0 Å². The fourth-order valence-electron chi connectivity index (χ4n) is 1.59. The summed E-state index contributed by atoms with van der Waals surface area (Å²) in [6, 6.07) is -0.0712. The van der Waals surface area contributed by atoms with Gasteiger partial charge in [0.15, 0.2) is 0 Å². The Labute approximate surface area is 99.1 Å². The number of ether oxygens (including phenoxy) is 1. The van der Waals surface area contributed by atoms with Crippen LogP contribution in [0.3, 0.4) is 0 Å². The first-order chi connectivity index (χ1) is 7.56. The summed E-state index contributed by atoms with van der Waals surface area (Å²) in [5.74, 6) is -0.329. The standard InChI is InChI=1S/C12H26N2O2/c1-5-7-8-14(10(3)6-2)9-11(13)12(15)16-4/h10-11H,5-9,13H2,1-4H3. The predicted molar refractivity (Wildman–Crippen MR) is 66.2 cm³/mol. The van der Waals surface area contributed by atoms with Crippen LogP contribution in [0.15, 0.2) is 0 Å². The average Bonchev–Trinajstić information content (AvgIpc) is 2.31.